The Bertz CT molecular complexity index is 374. The highest BCUT2D eigenvalue weighted by atomic mass is 79.9. The monoisotopic (exact) mass is 298 g/mol. The van der Waals surface area contributed by atoms with E-state index < -0.39 is 0 Å². The standard InChI is InChI=1S/C14H19BrO2/c1-3-4-14(17-9-11-8-16-11)12-6-5-10(2)7-13(12)15/h5-7,11,14H,3-4,8-9H2,1-2H3/t11-,14-/m1/s1. The topological polar surface area (TPSA) is 21.8 Å². The van der Waals surface area contributed by atoms with Crippen LogP contribution in [0.4, 0.5) is 0 Å². The van der Waals surface area contributed by atoms with Crippen molar-refractivity contribution in [2.75, 3.05) is 13.2 Å². The average molecular weight is 299 g/mol. The van der Waals surface area contributed by atoms with Gasteiger partial charge < -0.3 is 9.47 Å². The predicted molar refractivity (Wildman–Crippen MR) is 72.2 cm³/mol. The molecule has 1 aromatic rings. The molecule has 1 heterocycles. The number of halogens is 1. The van der Waals surface area contributed by atoms with Crippen molar-refractivity contribution in [1.29, 1.82) is 0 Å². The van der Waals surface area contributed by atoms with E-state index in [0.29, 0.717) is 12.7 Å². The lowest BCUT2D eigenvalue weighted by Gasteiger charge is -2.19. The number of rotatable bonds is 6. The molecule has 94 valence electrons. The molecule has 0 radical (unpaired) electrons. The molecule has 1 fully saturated rings. The zero-order valence-corrected chi connectivity index (χ0v) is 12.0. The summed E-state index contributed by atoms with van der Waals surface area (Å²) >= 11 is 3.63. The molecule has 0 saturated carbocycles. The molecule has 3 heteroatoms. The van der Waals surface area contributed by atoms with Crippen LogP contribution < -0.4 is 0 Å². The van der Waals surface area contributed by atoms with Crippen LogP contribution in [0.1, 0.15) is 37.0 Å². The van der Waals surface area contributed by atoms with E-state index in [1.807, 2.05) is 0 Å². The maximum absolute atomic E-state index is 5.96. The van der Waals surface area contributed by atoms with Gasteiger partial charge in [-0.1, -0.05) is 41.4 Å². The minimum absolute atomic E-state index is 0.180. The number of hydrogen-bond acceptors (Lipinski definition) is 2. The molecule has 1 aromatic carbocycles. The Balaban J connectivity index is 2.06. The summed E-state index contributed by atoms with van der Waals surface area (Å²) in [5.74, 6) is 0. The Kier molecular flexibility index (Phi) is 4.60. The molecule has 0 spiro atoms. The molecule has 0 aliphatic carbocycles. The van der Waals surface area contributed by atoms with E-state index in [0.717, 1.165) is 23.9 Å². The molecule has 2 atom stereocenters. The van der Waals surface area contributed by atoms with E-state index >= 15 is 0 Å². The average Bonchev–Trinajstić information content (AvgIpc) is 3.09. The molecular formula is C14H19BrO2. The van der Waals surface area contributed by atoms with Gasteiger partial charge in [-0.05, 0) is 30.5 Å². The first kappa shape index (κ1) is 13.1. The van der Waals surface area contributed by atoms with Crippen molar-refractivity contribution in [2.24, 2.45) is 0 Å². The summed E-state index contributed by atoms with van der Waals surface area (Å²) in [4.78, 5) is 0. The maximum Gasteiger partial charge on any atom is 0.104 e. The summed E-state index contributed by atoms with van der Waals surface area (Å²) in [5.41, 5.74) is 2.51. The van der Waals surface area contributed by atoms with Gasteiger partial charge in [-0.25, -0.2) is 0 Å². The molecule has 0 amide bonds. The normalized spacial score (nSPS) is 20.3. The van der Waals surface area contributed by atoms with E-state index in [-0.39, 0.29) is 6.10 Å². The van der Waals surface area contributed by atoms with Crippen LogP contribution in [0.2, 0.25) is 0 Å². The second kappa shape index (κ2) is 5.98. The zero-order chi connectivity index (χ0) is 12.3. The zero-order valence-electron chi connectivity index (χ0n) is 10.4. The van der Waals surface area contributed by atoms with Crippen LogP contribution >= 0.6 is 15.9 Å². The van der Waals surface area contributed by atoms with Crippen LogP contribution in [-0.2, 0) is 9.47 Å². The largest absolute Gasteiger partial charge is 0.371 e. The van der Waals surface area contributed by atoms with Crippen LogP contribution in [0.3, 0.4) is 0 Å². The van der Waals surface area contributed by atoms with Crippen LogP contribution in [-0.4, -0.2) is 19.3 Å². The number of benzene rings is 1. The first-order chi connectivity index (χ1) is 8.20. The molecule has 1 aliphatic heterocycles. The fraction of sp³-hybridized carbons (Fsp3) is 0.571. The summed E-state index contributed by atoms with van der Waals surface area (Å²) in [6.45, 7) is 5.85. The van der Waals surface area contributed by atoms with Crippen LogP contribution in [0, 0.1) is 6.92 Å². The van der Waals surface area contributed by atoms with Gasteiger partial charge >= 0.3 is 0 Å². The SMILES string of the molecule is CCC[C@@H](OC[C@H]1CO1)c1ccc(C)cc1Br. The Morgan fingerprint density at radius 3 is 2.88 bits per heavy atom. The summed E-state index contributed by atoms with van der Waals surface area (Å²) < 4.78 is 12.3. The van der Waals surface area contributed by atoms with E-state index in [1.165, 1.54) is 11.1 Å². The number of hydrogen-bond donors (Lipinski definition) is 0. The van der Waals surface area contributed by atoms with E-state index in [4.69, 9.17) is 9.47 Å². The molecule has 2 nitrogen and oxygen atoms in total. The number of ether oxygens (including phenoxy) is 2. The summed E-state index contributed by atoms with van der Waals surface area (Å²) in [7, 11) is 0. The second-order valence-corrected chi connectivity index (χ2v) is 5.45. The molecule has 0 aromatic heterocycles. The third-order valence-electron chi connectivity index (χ3n) is 2.94. The van der Waals surface area contributed by atoms with Crippen molar-refractivity contribution < 1.29 is 9.47 Å². The quantitative estimate of drug-likeness (QED) is 0.740. The van der Waals surface area contributed by atoms with Crippen molar-refractivity contribution >= 4 is 15.9 Å². The Morgan fingerprint density at radius 2 is 2.29 bits per heavy atom. The van der Waals surface area contributed by atoms with E-state index in [1.54, 1.807) is 0 Å². The molecular weight excluding hydrogens is 280 g/mol. The Morgan fingerprint density at radius 1 is 1.53 bits per heavy atom. The lowest BCUT2D eigenvalue weighted by atomic mass is 10.0. The molecule has 0 unspecified atom stereocenters. The number of aryl methyl sites for hydroxylation is 1. The highest BCUT2D eigenvalue weighted by Gasteiger charge is 2.25. The Labute approximate surface area is 111 Å². The van der Waals surface area contributed by atoms with Crippen LogP contribution in [0.15, 0.2) is 22.7 Å². The van der Waals surface area contributed by atoms with Gasteiger partial charge in [-0.2, -0.15) is 0 Å². The molecule has 0 N–H and O–H groups in total. The summed E-state index contributed by atoms with van der Waals surface area (Å²) in [6, 6.07) is 6.45. The van der Waals surface area contributed by atoms with Crippen molar-refractivity contribution in [2.45, 2.75) is 38.9 Å². The lowest BCUT2D eigenvalue weighted by molar-refractivity contribution is 0.0354. The van der Waals surface area contributed by atoms with Gasteiger partial charge in [0.25, 0.3) is 0 Å². The summed E-state index contributed by atoms with van der Waals surface area (Å²) in [6.07, 6.45) is 2.68. The van der Waals surface area contributed by atoms with Gasteiger partial charge in [0, 0.05) is 4.47 Å². The first-order valence-corrected chi connectivity index (χ1v) is 6.99. The lowest BCUT2D eigenvalue weighted by Crippen LogP contribution is -2.09. The minimum Gasteiger partial charge on any atom is -0.371 e. The highest BCUT2D eigenvalue weighted by Crippen LogP contribution is 2.31. The third kappa shape index (κ3) is 3.80. The molecule has 0 bridgehead atoms. The smallest absolute Gasteiger partial charge is 0.104 e. The molecule has 1 aliphatic rings. The third-order valence-corrected chi connectivity index (χ3v) is 3.63. The minimum atomic E-state index is 0.180. The summed E-state index contributed by atoms with van der Waals surface area (Å²) in [5, 5.41) is 0. The van der Waals surface area contributed by atoms with Crippen molar-refractivity contribution in [1.82, 2.24) is 0 Å². The molecule has 2 rings (SSSR count). The highest BCUT2D eigenvalue weighted by molar-refractivity contribution is 9.10. The maximum atomic E-state index is 5.96. The van der Waals surface area contributed by atoms with E-state index in [9.17, 15) is 0 Å². The predicted octanol–water partition coefficient (Wildman–Crippen LogP) is 4.01. The molecule has 17 heavy (non-hydrogen) atoms. The van der Waals surface area contributed by atoms with Gasteiger partial charge in [-0.15, -0.1) is 0 Å². The van der Waals surface area contributed by atoms with E-state index in [2.05, 4.69) is 48.0 Å². The fourth-order valence-electron chi connectivity index (χ4n) is 1.87. The van der Waals surface area contributed by atoms with Gasteiger partial charge in [0.15, 0.2) is 0 Å². The first-order valence-electron chi connectivity index (χ1n) is 6.20. The molecule has 1 saturated heterocycles. The van der Waals surface area contributed by atoms with Gasteiger partial charge in [0.05, 0.1) is 19.3 Å². The van der Waals surface area contributed by atoms with Crippen molar-refractivity contribution in [3.63, 3.8) is 0 Å². The van der Waals surface area contributed by atoms with Crippen molar-refractivity contribution in [3.05, 3.63) is 33.8 Å². The second-order valence-electron chi connectivity index (χ2n) is 4.59. The Hall–Kier alpha value is -0.380. The van der Waals surface area contributed by atoms with Crippen molar-refractivity contribution in [3.8, 4) is 0 Å². The fourth-order valence-corrected chi connectivity index (χ4v) is 2.62. The van der Waals surface area contributed by atoms with Crippen LogP contribution in [0.25, 0.3) is 0 Å². The van der Waals surface area contributed by atoms with Gasteiger partial charge in [-0.3, -0.25) is 0 Å². The van der Waals surface area contributed by atoms with Gasteiger partial charge in [0.1, 0.15) is 6.10 Å². The number of epoxide rings is 1. The van der Waals surface area contributed by atoms with Crippen LogP contribution in [0.5, 0.6) is 0 Å². The van der Waals surface area contributed by atoms with Gasteiger partial charge in [0.2, 0.25) is 0 Å².